The Kier molecular flexibility index (Phi) is 6.75. The minimum Gasteiger partial charge on any atom is -0.507 e. The van der Waals surface area contributed by atoms with Gasteiger partial charge in [0.1, 0.15) is 11.3 Å². The Morgan fingerprint density at radius 1 is 1.31 bits per heavy atom. The molecule has 2 heterocycles. The van der Waals surface area contributed by atoms with Crippen molar-refractivity contribution in [2.75, 3.05) is 27.4 Å². The van der Waals surface area contributed by atoms with E-state index in [9.17, 15) is 14.7 Å². The summed E-state index contributed by atoms with van der Waals surface area (Å²) in [5.74, 6) is -1.11. The van der Waals surface area contributed by atoms with Crippen LogP contribution >= 0.6 is 0 Å². The van der Waals surface area contributed by atoms with E-state index in [-0.39, 0.29) is 17.2 Å². The molecule has 1 aliphatic rings. The number of aromatic nitrogens is 2. The minimum atomic E-state index is -1.09. The van der Waals surface area contributed by atoms with Gasteiger partial charge in [0, 0.05) is 25.7 Å². The third-order valence-electron chi connectivity index (χ3n) is 5.59. The average Bonchev–Trinajstić information content (AvgIpc) is 2.74. The Hall–Kier alpha value is -3.11. The van der Waals surface area contributed by atoms with Crippen LogP contribution in [0.4, 0.5) is 0 Å². The molecule has 0 bridgehead atoms. The predicted molar refractivity (Wildman–Crippen MR) is 116 cm³/mol. The first-order valence-corrected chi connectivity index (χ1v) is 10.3. The zero-order valence-corrected chi connectivity index (χ0v) is 18.9. The lowest BCUT2D eigenvalue weighted by molar-refractivity contribution is 0.0701. The quantitative estimate of drug-likeness (QED) is 0.288. The Balaban J connectivity index is 2.21. The first kappa shape index (κ1) is 23.6. The first-order chi connectivity index (χ1) is 15.1. The molecule has 2 aromatic heterocycles. The van der Waals surface area contributed by atoms with Crippen molar-refractivity contribution in [2.24, 2.45) is 5.41 Å². The summed E-state index contributed by atoms with van der Waals surface area (Å²) in [5, 5.41) is 20.0. The molecule has 0 spiro atoms. The maximum Gasteiger partial charge on any atom is 0.284 e. The van der Waals surface area contributed by atoms with Gasteiger partial charge in [0.2, 0.25) is 0 Å². The van der Waals surface area contributed by atoms with Crippen LogP contribution in [-0.4, -0.2) is 53.6 Å². The summed E-state index contributed by atoms with van der Waals surface area (Å²) < 4.78 is 16.3. The molecular weight excluding hydrogens is 418 g/mol. The van der Waals surface area contributed by atoms with E-state index in [0.29, 0.717) is 48.8 Å². The van der Waals surface area contributed by atoms with Crippen LogP contribution in [0.2, 0.25) is 0 Å². The average molecular weight is 447 g/mol. The molecule has 32 heavy (non-hydrogen) atoms. The fourth-order valence-corrected chi connectivity index (χ4v) is 3.98. The predicted octanol–water partition coefficient (Wildman–Crippen LogP) is 2.37. The molecule has 10 heteroatoms. The van der Waals surface area contributed by atoms with E-state index in [1.165, 1.54) is 12.6 Å². The number of pyridine rings is 2. The Morgan fingerprint density at radius 3 is 2.62 bits per heavy atom. The third kappa shape index (κ3) is 4.28. The Morgan fingerprint density at radius 2 is 2.03 bits per heavy atom. The van der Waals surface area contributed by atoms with Gasteiger partial charge >= 0.3 is 0 Å². The number of fused-ring (bicyclic) bond motifs is 3. The second kappa shape index (κ2) is 9.17. The van der Waals surface area contributed by atoms with Gasteiger partial charge in [-0.1, -0.05) is 20.8 Å². The molecule has 1 amide bonds. The minimum absolute atomic E-state index is 0.235. The maximum atomic E-state index is 12.6. The molecule has 4 N–H and O–H groups in total. The summed E-state index contributed by atoms with van der Waals surface area (Å²) >= 11 is 0. The topological polar surface area (TPSA) is 143 Å². The molecule has 3 rings (SSSR count). The molecule has 10 nitrogen and oxygen atoms in total. The Labute approximate surface area is 185 Å². The number of amides is 1. The van der Waals surface area contributed by atoms with Gasteiger partial charge in [-0.25, -0.2) is 10.5 Å². The molecule has 0 aliphatic heterocycles. The van der Waals surface area contributed by atoms with Gasteiger partial charge in [0.15, 0.2) is 5.75 Å². The number of nitrogens with zero attached hydrogens (tertiary/aromatic N) is 1. The smallest absolute Gasteiger partial charge is 0.284 e. The number of aromatic hydroxyl groups is 1. The molecular formula is C22H29N3O7. The SMILES string of the molecule is COCCCOc1cc2c(nc1OC)-c1[nH]c(=O)c(C(=O)NO)c(O)c1C(C(C)(C)C)C2. The number of ether oxygens (including phenoxy) is 3. The van der Waals surface area contributed by atoms with Crippen LogP contribution in [0.5, 0.6) is 17.4 Å². The second-order valence-electron chi connectivity index (χ2n) is 8.73. The number of carbonyl (C=O) groups is 1. The fraction of sp³-hybridized carbons (Fsp3) is 0.500. The highest BCUT2D eigenvalue weighted by Crippen LogP contribution is 2.50. The molecule has 0 aromatic carbocycles. The van der Waals surface area contributed by atoms with Gasteiger partial charge in [-0.15, -0.1) is 0 Å². The van der Waals surface area contributed by atoms with Gasteiger partial charge in [-0.2, -0.15) is 0 Å². The van der Waals surface area contributed by atoms with Crippen molar-refractivity contribution in [3.63, 3.8) is 0 Å². The van der Waals surface area contributed by atoms with Crippen molar-refractivity contribution in [1.82, 2.24) is 15.4 Å². The molecule has 0 saturated carbocycles. The molecule has 2 aromatic rings. The van der Waals surface area contributed by atoms with Crippen molar-refractivity contribution in [1.29, 1.82) is 0 Å². The van der Waals surface area contributed by atoms with Crippen molar-refractivity contribution < 1.29 is 29.3 Å². The molecule has 0 radical (unpaired) electrons. The van der Waals surface area contributed by atoms with Crippen molar-refractivity contribution >= 4 is 5.91 Å². The van der Waals surface area contributed by atoms with Crippen LogP contribution in [-0.2, 0) is 11.2 Å². The van der Waals surface area contributed by atoms with E-state index < -0.39 is 22.8 Å². The number of aromatic amines is 1. The van der Waals surface area contributed by atoms with Crippen LogP contribution < -0.4 is 20.5 Å². The van der Waals surface area contributed by atoms with Crippen LogP contribution in [0.3, 0.4) is 0 Å². The lowest BCUT2D eigenvalue weighted by Gasteiger charge is -2.36. The number of hydrogen-bond acceptors (Lipinski definition) is 8. The standard InChI is InChI=1S/C22H29N3O7/c1-22(2,3)12-9-11-10-13(32-8-6-7-30-4)21(31-5)24-16(11)17-14(12)18(26)15(19(27)23-17)20(28)25-29/h10,12,29H,6-9H2,1-5H3,(H,25,28)(H2,23,26,27). The highest BCUT2D eigenvalue weighted by Gasteiger charge is 2.39. The lowest BCUT2D eigenvalue weighted by atomic mass is 9.69. The van der Waals surface area contributed by atoms with Crippen LogP contribution in [0.15, 0.2) is 10.9 Å². The van der Waals surface area contributed by atoms with Gasteiger partial charge in [-0.3, -0.25) is 14.8 Å². The van der Waals surface area contributed by atoms with Crippen molar-refractivity contribution in [2.45, 2.75) is 39.5 Å². The lowest BCUT2D eigenvalue weighted by Crippen LogP contribution is -2.32. The zero-order chi connectivity index (χ0) is 23.6. The zero-order valence-electron chi connectivity index (χ0n) is 18.9. The van der Waals surface area contributed by atoms with E-state index in [1.807, 2.05) is 26.8 Å². The van der Waals surface area contributed by atoms with E-state index in [4.69, 9.17) is 19.4 Å². The van der Waals surface area contributed by atoms with Gasteiger partial charge in [0.25, 0.3) is 17.3 Å². The third-order valence-corrected chi connectivity index (χ3v) is 5.59. The summed E-state index contributed by atoms with van der Waals surface area (Å²) in [6.45, 7) is 6.98. The van der Waals surface area contributed by atoms with Crippen LogP contribution in [0, 0.1) is 5.41 Å². The molecule has 0 fully saturated rings. The molecule has 174 valence electrons. The molecule has 1 atom stereocenters. The maximum absolute atomic E-state index is 12.6. The largest absolute Gasteiger partial charge is 0.507 e. The van der Waals surface area contributed by atoms with Crippen molar-refractivity contribution in [3.05, 3.63) is 33.1 Å². The van der Waals surface area contributed by atoms with E-state index >= 15 is 0 Å². The number of hydrogen-bond donors (Lipinski definition) is 4. The summed E-state index contributed by atoms with van der Waals surface area (Å²) in [6.07, 6.45) is 1.18. The summed E-state index contributed by atoms with van der Waals surface area (Å²) in [7, 11) is 3.09. The summed E-state index contributed by atoms with van der Waals surface area (Å²) in [4.78, 5) is 31.9. The fourth-order valence-electron chi connectivity index (χ4n) is 3.98. The summed E-state index contributed by atoms with van der Waals surface area (Å²) in [5.41, 5.74) is 1.65. The number of nitrogens with one attached hydrogen (secondary N) is 2. The number of methoxy groups -OCH3 is 2. The van der Waals surface area contributed by atoms with Crippen LogP contribution in [0.25, 0.3) is 11.4 Å². The number of hydroxylamine groups is 1. The van der Waals surface area contributed by atoms with E-state index in [2.05, 4.69) is 9.97 Å². The number of carbonyl (C=O) groups excluding carboxylic acids is 1. The highest BCUT2D eigenvalue weighted by molar-refractivity contribution is 5.97. The van der Waals surface area contributed by atoms with Crippen LogP contribution in [0.1, 0.15) is 54.6 Å². The molecule has 1 unspecified atom stereocenters. The van der Waals surface area contributed by atoms with Gasteiger partial charge in [-0.05, 0) is 29.4 Å². The van der Waals surface area contributed by atoms with Gasteiger partial charge in [0.05, 0.1) is 25.1 Å². The highest BCUT2D eigenvalue weighted by atomic mass is 16.5. The number of H-pyrrole nitrogens is 1. The van der Waals surface area contributed by atoms with E-state index in [0.717, 1.165) is 5.56 Å². The van der Waals surface area contributed by atoms with Crippen molar-refractivity contribution in [3.8, 4) is 28.8 Å². The first-order valence-electron chi connectivity index (χ1n) is 10.3. The summed E-state index contributed by atoms with van der Waals surface area (Å²) in [6, 6.07) is 1.83. The monoisotopic (exact) mass is 447 g/mol. The van der Waals surface area contributed by atoms with E-state index in [1.54, 1.807) is 7.11 Å². The Bertz CT molecular complexity index is 1070. The second-order valence-corrected chi connectivity index (χ2v) is 8.73. The number of rotatable bonds is 7. The van der Waals surface area contributed by atoms with Gasteiger partial charge < -0.3 is 24.3 Å². The molecule has 0 saturated heterocycles. The normalized spacial score (nSPS) is 15.0. The molecule has 1 aliphatic carbocycles.